The van der Waals surface area contributed by atoms with Gasteiger partial charge in [0.05, 0.1) is 11.7 Å². The number of hydrogen-bond acceptors (Lipinski definition) is 5. The van der Waals surface area contributed by atoms with Gasteiger partial charge in [0.25, 0.3) is 0 Å². The third-order valence-electron chi connectivity index (χ3n) is 3.14. The summed E-state index contributed by atoms with van der Waals surface area (Å²) in [5, 5.41) is 0.834. The van der Waals surface area contributed by atoms with Crippen LogP contribution >= 0.6 is 0 Å². The fourth-order valence-electron chi connectivity index (χ4n) is 2.02. The molecule has 0 aliphatic rings. The molecule has 0 spiro atoms. The third kappa shape index (κ3) is 2.10. The molecule has 0 amide bonds. The van der Waals surface area contributed by atoms with E-state index in [9.17, 15) is 0 Å². The second kappa shape index (κ2) is 4.61. The predicted octanol–water partition coefficient (Wildman–Crippen LogP) is 2.15. The summed E-state index contributed by atoms with van der Waals surface area (Å²) in [6.45, 7) is 2.05. The predicted molar refractivity (Wildman–Crippen MR) is 73.5 cm³/mol. The normalized spacial score (nSPS) is 12.5. The van der Waals surface area contributed by atoms with Crippen LogP contribution in [-0.4, -0.2) is 19.9 Å². The van der Waals surface area contributed by atoms with Crippen LogP contribution in [0.25, 0.3) is 10.9 Å². The number of hydrogen-bond donors (Lipinski definition) is 1. The molecule has 0 bridgehead atoms. The molecule has 94 valence electrons. The van der Waals surface area contributed by atoms with Crippen LogP contribution < -0.4 is 5.73 Å². The van der Waals surface area contributed by atoms with Crippen LogP contribution in [0.15, 0.2) is 43.0 Å². The first-order valence-corrected chi connectivity index (χ1v) is 6.03. The van der Waals surface area contributed by atoms with Crippen molar-refractivity contribution in [3.05, 3.63) is 54.4 Å². The summed E-state index contributed by atoms with van der Waals surface area (Å²) in [7, 11) is 0. The maximum Gasteiger partial charge on any atom is 0.138 e. The third-order valence-corrected chi connectivity index (χ3v) is 3.14. The number of rotatable bonds is 2. The van der Waals surface area contributed by atoms with E-state index in [1.807, 2.05) is 25.1 Å². The van der Waals surface area contributed by atoms with Crippen LogP contribution in [0.2, 0.25) is 0 Å². The van der Waals surface area contributed by atoms with Crippen molar-refractivity contribution in [2.75, 3.05) is 5.73 Å². The van der Waals surface area contributed by atoms with E-state index in [0.29, 0.717) is 11.6 Å². The van der Waals surface area contributed by atoms with E-state index in [-0.39, 0.29) is 5.92 Å². The molecule has 0 saturated heterocycles. The van der Waals surface area contributed by atoms with Gasteiger partial charge in [-0.05, 0) is 23.8 Å². The average Bonchev–Trinajstić information content (AvgIpc) is 2.47. The summed E-state index contributed by atoms with van der Waals surface area (Å²) in [4.78, 5) is 17.0. The standard InChI is InChI=1S/C14H13N5/c1-9(10-2-5-16-6-3-10)14-18-12-8-17-7-4-11(12)13(15)19-14/h2-9H,1H3,(H2,15,18,19). The minimum absolute atomic E-state index is 0.0647. The van der Waals surface area contributed by atoms with Gasteiger partial charge in [-0.15, -0.1) is 0 Å². The molecule has 2 N–H and O–H groups in total. The van der Waals surface area contributed by atoms with Gasteiger partial charge in [-0.25, -0.2) is 9.97 Å². The fraction of sp³-hybridized carbons (Fsp3) is 0.143. The first-order valence-electron chi connectivity index (χ1n) is 6.03. The number of pyridine rings is 2. The number of aromatic nitrogens is 4. The van der Waals surface area contributed by atoms with Gasteiger partial charge < -0.3 is 5.73 Å². The van der Waals surface area contributed by atoms with Gasteiger partial charge in [-0.3, -0.25) is 9.97 Å². The van der Waals surface area contributed by atoms with Crippen molar-refractivity contribution in [2.24, 2.45) is 0 Å². The van der Waals surface area contributed by atoms with Gasteiger partial charge >= 0.3 is 0 Å². The zero-order valence-corrected chi connectivity index (χ0v) is 10.5. The second-order valence-corrected chi connectivity index (χ2v) is 4.36. The minimum atomic E-state index is 0.0647. The van der Waals surface area contributed by atoms with Crippen molar-refractivity contribution in [1.29, 1.82) is 0 Å². The van der Waals surface area contributed by atoms with E-state index in [0.717, 1.165) is 16.5 Å². The summed E-state index contributed by atoms with van der Waals surface area (Å²) in [5.74, 6) is 1.25. The van der Waals surface area contributed by atoms with E-state index in [4.69, 9.17) is 5.73 Å². The minimum Gasteiger partial charge on any atom is -0.383 e. The van der Waals surface area contributed by atoms with Crippen LogP contribution in [0, 0.1) is 0 Å². The Kier molecular flexibility index (Phi) is 2.79. The monoisotopic (exact) mass is 251 g/mol. The zero-order valence-electron chi connectivity index (χ0n) is 10.5. The molecule has 5 heteroatoms. The molecular weight excluding hydrogens is 238 g/mol. The first kappa shape index (κ1) is 11.5. The molecule has 3 aromatic heterocycles. The van der Waals surface area contributed by atoms with Gasteiger partial charge in [0.15, 0.2) is 0 Å². The number of nitrogens with two attached hydrogens (primary N) is 1. The van der Waals surface area contributed by atoms with Crippen molar-refractivity contribution >= 4 is 16.7 Å². The van der Waals surface area contributed by atoms with Crippen LogP contribution in [0.4, 0.5) is 5.82 Å². The van der Waals surface area contributed by atoms with Gasteiger partial charge in [-0.1, -0.05) is 6.92 Å². The molecule has 0 radical (unpaired) electrons. The molecule has 0 aliphatic carbocycles. The Bertz CT molecular complexity index is 711. The van der Waals surface area contributed by atoms with E-state index in [2.05, 4.69) is 19.9 Å². The van der Waals surface area contributed by atoms with E-state index in [1.165, 1.54) is 0 Å². The smallest absolute Gasteiger partial charge is 0.138 e. The van der Waals surface area contributed by atoms with Gasteiger partial charge in [0.2, 0.25) is 0 Å². The Morgan fingerprint density at radius 2 is 1.74 bits per heavy atom. The Morgan fingerprint density at radius 1 is 1.00 bits per heavy atom. The van der Waals surface area contributed by atoms with Gasteiger partial charge in [-0.2, -0.15) is 0 Å². The van der Waals surface area contributed by atoms with Gasteiger partial charge in [0.1, 0.15) is 11.6 Å². The fourth-order valence-corrected chi connectivity index (χ4v) is 2.02. The highest BCUT2D eigenvalue weighted by atomic mass is 15.0. The molecule has 5 nitrogen and oxygen atoms in total. The molecule has 0 saturated carbocycles. The Balaban J connectivity index is 2.11. The van der Waals surface area contributed by atoms with Crippen LogP contribution in [0.1, 0.15) is 24.2 Å². The number of nitrogen functional groups attached to an aromatic ring is 1. The van der Waals surface area contributed by atoms with Crippen molar-refractivity contribution in [1.82, 2.24) is 19.9 Å². The van der Waals surface area contributed by atoms with Crippen LogP contribution in [-0.2, 0) is 0 Å². The van der Waals surface area contributed by atoms with E-state index in [1.54, 1.807) is 24.8 Å². The van der Waals surface area contributed by atoms with Crippen LogP contribution in [0.5, 0.6) is 0 Å². The highest BCUT2D eigenvalue weighted by molar-refractivity contribution is 5.87. The molecule has 0 fully saturated rings. The molecule has 3 rings (SSSR count). The summed E-state index contributed by atoms with van der Waals surface area (Å²) in [5.41, 5.74) is 7.86. The lowest BCUT2D eigenvalue weighted by atomic mass is 10.0. The van der Waals surface area contributed by atoms with Crippen molar-refractivity contribution < 1.29 is 0 Å². The highest BCUT2D eigenvalue weighted by Gasteiger charge is 2.13. The largest absolute Gasteiger partial charge is 0.383 e. The molecule has 0 aromatic carbocycles. The number of anilines is 1. The summed E-state index contributed by atoms with van der Waals surface area (Å²) in [6, 6.07) is 5.74. The molecule has 3 aromatic rings. The molecule has 1 unspecified atom stereocenters. The summed E-state index contributed by atoms with van der Waals surface area (Å²) >= 11 is 0. The highest BCUT2D eigenvalue weighted by Crippen LogP contribution is 2.24. The maximum atomic E-state index is 5.98. The van der Waals surface area contributed by atoms with Crippen molar-refractivity contribution in [3.63, 3.8) is 0 Å². The molecule has 19 heavy (non-hydrogen) atoms. The Hall–Kier alpha value is -2.56. The van der Waals surface area contributed by atoms with Crippen molar-refractivity contribution in [3.8, 4) is 0 Å². The van der Waals surface area contributed by atoms with E-state index >= 15 is 0 Å². The quantitative estimate of drug-likeness (QED) is 0.755. The van der Waals surface area contributed by atoms with Crippen LogP contribution in [0.3, 0.4) is 0 Å². The summed E-state index contributed by atoms with van der Waals surface area (Å²) in [6.07, 6.45) is 6.92. The van der Waals surface area contributed by atoms with E-state index < -0.39 is 0 Å². The topological polar surface area (TPSA) is 77.6 Å². The molecule has 0 aliphatic heterocycles. The zero-order chi connectivity index (χ0) is 13.2. The Morgan fingerprint density at radius 3 is 2.53 bits per heavy atom. The lowest BCUT2D eigenvalue weighted by Gasteiger charge is -2.12. The lowest BCUT2D eigenvalue weighted by molar-refractivity contribution is 0.826. The second-order valence-electron chi connectivity index (χ2n) is 4.36. The molecular formula is C14H13N5. The Labute approximate surface area is 110 Å². The molecule has 3 heterocycles. The SMILES string of the molecule is CC(c1ccncc1)c1nc(N)c2ccncc2n1. The number of fused-ring (bicyclic) bond motifs is 1. The average molecular weight is 251 g/mol. The van der Waals surface area contributed by atoms with Crippen molar-refractivity contribution in [2.45, 2.75) is 12.8 Å². The molecule has 1 atom stereocenters. The van der Waals surface area contributed by atoms with Gasteiger partial charge in [0, 0.05) is 29.9 Å². The first-order chi connectivity index (χ1) is 9.25. The maximum absolute atomic E-state index is 5.98. The lowest BCUT2D eigenvalue weighted by Crippen LogP contribution is -2.06. The number of nitrogens with zero attached hydrogens (tertiary/aromatic N) is 4. The summed E-state index contributed by atoms with van der Waals surface area (Å²) < 4.78 is 0.